The second-order valence-electron chi connectivity index (χ2n) is 5.06. The first-order chi connectivity index (χ1) is 8.81. The first-order valence-corrected chi connectivity index (χ1v) is 7.58. The lowest BCUT2D eigenvalue weighted by atomic mass is 9.86. The van der Waals surface area contributed by atoms with E-state index in [1.54, 1.807) is 11.0 Å². The fourth-order valence-corrected chi connectivity index (χ4v) is 3.84. The summed E-state index contributed by atoms with van der Waals surface area (Å²) < 4.78 is 1.72. The normalized spacial score (nSPS) is 29.9. The third-order valence-electron chi connectivity index (χ3n) is 3.66. The van der Waals surface area contributed by atoms with Crippen molar-refractivity contribution in [3.05, 3.63) is 12.2 Å². The third kappa shape index (κ3) is 2.68. The fraction of sp³-hybridized carbons (Fsp3) is 0.750. The Bertz CT molecular complexity index is 441. The summed E-state index contributed by atoms with van der Waals surface area (Å²) in [7, 11) is 1.88. The molecule has 98 valence electrons. The molecule has 0 amide bonds. The van der Waals surface area contributed by atoms with Gasteiger partial charge in [-0.15, -0.1) is 0 Å². The number of hydrogen-bond donors (Lipinski definition) is 1. The van der Waals surface area contributed by atoms with Crippen LogP contribution in [0.3, 0.4) is 0 Å². The van der Waals surface area contributed by atoms with Gasteiger partial charge in [0, 0.05) is 18.8 Å². The van der Waals surface area contributed by atoms with Gasteiger partial charge in [0.1, 0.15) is 12.9 Å². The average Bonchev–Trinajstić information content (AvgIpc) is 2.82. The van der Waals surface area contributed by atoms with Crippen molar-refractivity contribution in [2.24, 2.45) is 18.0 Å². The van der Waals surface area contributed by atoms with Crippen molar-refractivity contribution in [2.45, 2.75) is 38.3 Å². The number of nitrogens with one attached hydrogen (secondary N) is 1. The summed E-state index contributed by atoms with van der Waals surface area (Å²) in [6, 6.07) is 0.649. The van der Waals surface area contributed by atoms with E-state index in [1.165, 1.54) is 31.4 Å². The molecule has 2 atom stereocenters. The first kappa shape index (κ1) is 12.0. The minimum absolute atomic E-state index is 0.577. The zero-order valence-corrected chi connectivity index (χ0v) is 11.5. The van der Waals surface area contributed by atoms with Crippen molar-refractivity contribution in [2.75, 3.05) is 5.75 Å². The summed E-state index contributed by atoms with van der Waals surface area (Å²) in [4.78, 5) is 8.78. The zero-order chi connectivity index (χ0) is 12.4. The molecule has 2 unspecified atom stereocenters. The van der Waals surface area contributed by atoms with Crippen LogP contribution in [0, 0.1) is 5.92 Å². The Morgan fingerprint density at radius 3 is 3.22 bits per heavy atom. The van der Waals surface area contributed by atoms with Crippen LogP contribution >= 0.6 is 11.8 Å². The Balaban J connectivity index is 1.59. The molecule has 1 aliphatic carbocycles. The minimum atomic E-state index is 0.577. The Morgan fingerprint density at radius 2 is 2.39 bits per heavy atom. The highest BCUT2D eigenvalue weighted by Crippen LogP contribution is 2.31. The van der Waals surface area contributed by atoms with Crippen molar-refractivity contribution in [1.29, 1.82) is 0 Å². The summed E-state index contributed by atoms with van der Waals surface area (Å²) in [6.45, 7) is 0.577. The summed E-state index contributed by atoms with van der Waals surface area (Å²) >= 11 is 1.85. The van der Waals surface area contributed by atoms with E-state index in [2.05, 4.69) is 20.4 Å². The maximum Gasteiger partial charge on any atom is 0.172 e. The highest BCUT2D eigenvalue weighted by Gasteiger charge is 2.30. The number of aliphatic imine (C=N–C) groups is 1. The van der Waals surface area contributed by atoms with Crippen LogP contribution in [0.5, 0.6) is 0 Å². The van der Waals surface area contributed by atoms with E-state index >= 15 is 0 Å². The van der Waals surface area contributed by atoms with Gasteiger partial charge in [-0.3, -0.25) is 9.67 Å². The molecule has 1 saturated carbocycles. The summed E-state index contributed by atoms with van der Waals surface area (Å²) in [5.41, 5.74) is 0. The smallest absolute Gasteiger partial charge is 0.172 e. The monoisotopic (exact) mass is 265 g/mol. The fourth-order valence-electron chi connectivity index (χ4n) is 2.67. The van der Waals surface area contributed by atoms with Crippen LogP contribution in [-0.4, -0.2) is 31.7 Å². The third-order valence-corrected chi connectivity index (χ3v) is 4.78. The van der Waals surface area contributed by atoms with Crippen molar-refractivity contribution in [1.82, 2.24) is 20.1 Å². The van der Waals surface area contributed by atoms with Gasteiger partial charge in [0.25, 0.3) is 0 Å². The van der Waals surface area contributed by atoms with Crippen LogP contribution < -0.4 is 5.32 Å². The molecule has 1 saturated heterocycles. The molecule has 6 heteroatoms. The number of amidine groups is 1. The van der Waals surface area contributed by atoms with Gasteiger partial charge >= 0.3 is 0 Å². The number of rotatable bonds is 2. The molecule has 0 bridgehead atoms. The molecule has 2 fully saturated rings. The molecule has 0 spiro atoms. The van der Waals surface area contributed by atoms with Crippen LogP contribution in [-0.2, 0) is 13.6 Å². The van der Waals surface area contributed by atoms with E-state index in [1.807, 2.05) is 18.8 Å². The first-order valence-electron chi connectivity index (χ1n) is 6.59. The van der Waals surface area contributed by atoms with Gasteiger partial charge in [0.15, 0.2) is 11.0 Å². The van der Waals surface area contributed by atoms with Gasteiger partial charge in [-0.05, 0) is 18.8 Å². The predicted molar refractivity (Wildman–Crippen MR) is 73.5 cm³/mol. The quantitative estimate of drug-likeness (QED) is 0.882. The average molecular weight is 265 g/mol. The van der Waals surface area contributed by atoms with Gasteiger partial charge < -0.3 is 5.32 Å². The van der Waals surface area contributed by atoms with E-state index in [0.29, 0.717) is 12.6 Å². The Hall–Kier alpha value is -1.04. The number of aryl methyl sites for hydroxylation is 1. The summed E-state index contributed by atoms with van der Waals surface area (Å²) in [5, 5.41) is 8.90. The number of hydrogen-bond acceptors (Lipinski definition) is 4. The largest absolute Gasteiger partial charge is 0.362 e. The van der Waals surface area contributed by atoms with Crippen LogP contribution in [0.25, 0.3) is 0 Å². The summed E-state index contributed by atoms with van der Waals surface area (Å²) in [6.07, 6.45) is 7.14. The molecule has 3 rings (SSSR count). The van der Waals surface area contributed by atoms with Gasteiger partial charge in [0.2, 0.25) is 0 Å². The lowest BCUT2D eigenvalue weighted by Gasteiger charge is -2.36. The van der Waals surface area contributed by atoms with Crippen molar-refractivity contribution in [3.63, 3.8) is 0 Å². The maximum absolute atomic E-state index is 4.59. The zero-order valence-electron chi connectivity index (χ0n) is 10.7. The predicted octanol–water partition coefficient (Wildman–Crippen LogP) is 1.57. The molecule has 1 aliphatic heterocycles. The minimum Gasteiger partial charge on any atom is -0.362 e. The molecular weight excluding hydrogens is 246 g/mol. The molecule has 2 heterocycles. The molecular formula is C12H19N5S. The van der Waals surface area contributed by atoms with E-state index in [0.717, 1.165) is 16.9 Å². The van der Waals surface area contributed by atoms with Crippen molar-refractivity contribution < 1.29 is 0 Å². The number of thioether (sulfide) groups is 1. The van der Waals surface area contributed by atoms with Crippen molar-refractivity contribution >= 4 is 16.9 Å². The highest BCUT2D eigenvalue weighted by atomic mass is 32.2. The van der Waals surface area contributed by atoms with Crippen LogP contribution in [0.1, 0.15) is 31.5 Å². The topological polar surface area (TPSA) is 55.1 Å². The Labute approximate surface area is 111 Å². The lowest BCUT2D eigenvalue weighted by molar-refractivity contribution is 0.311. The van der Waals surface area contributed by atoms with Gasteiger partial charge in [0.05, 0.1) is 0 Å². The van der Waals surface area contributed by atoms with E-state index < -0.39 is 0 Å². The molecule has 0 radical (unpaired) electrons. The van der Waals surface area contributed by atoms with Gasteiger partial charge in [-0.1, -0.05) is 24.6 Å². The number of fused-ring (bicyclic) bond motifs is 1. The Kier molecular flexibility index (Phi) is 3.54. The standard InChI is InChI=1S/C12H19N5S/c1-17-8-14-11(16-17)6-13-12-15-10-5-3-2-4-9(10)7-18-12/h8-10H,2-7H2,1H3,(H,13,15). The molecule has 2 aliphatic rings. The Morgan fingerprint density at radius 1 is 1.50 bits per heavy atom. The number of aromatic nitrogens is 3. The van der Waals surface area contributed by atoms with Crippen LogP contribution in [0.4, 0.5) is 0 Å². The van der Waals surface area contributed by atoms with Gasteiger partial charge in [-0.2, -0.15) is 5.10 Å². The van der Waals surface area contributed by atoms with Gasteiger partial charge in [-0.25, -0.2) is 4.98 Å². The SMILES string of the molecule is Cn1cnc(CN=C2NC3CCCCC3CS2)n1. The second kappa shape index (κ2) is 5.30. The van der Waals surface area contributed by atoms with E-state index in [-0.39, 0.29) is 0 Å². The second-order valence-corrected chi connectivity index (χ2v) is 6.07. The molecule has 18 heavy (non-hydrogen) atoms. The van der Waals surface area contributed by atoms with E-state index in [4.69, 9.17) is 0 Å². The summed E-state index contributed by atoms with van der Waals surface area (Å²) in [5.74, 6) is 2.85. The maximum atomic E-state index is 4.59. The molecule has 0 aromatic carbocycles. The molecule has 1 N–H and O–H groups in total. The van der Waals surface area contributed by atoms with Crippen molar-refractivity contribution in [3.8, 4) is 0 Å². The highest BCUT2D eigenvalue weighted by molar-refractivity contribution is 8.13. The molecule has 1 aromatic heterocycles. The number of nitrogens with zero attached hydrogens (tertiary/aromatic N) is 4. The van der Waals surface area contributed by atoms with E-state index in [9.17, 15) is 0 Å². The van der Waals surface area contributed by atoms with Crippen LogP contribution in [0.2, 0.25) is 0 Å². The molecule has 1 aromatic rings. The van der Waals surface area contributed by atoms with Crippen LogP contribution in [0.15, 0.2) is 11.3 Å². The lowest BCUT2D eigenvalue weighted by Crippen LogP contribution is -2.46. The molecule has 5 nitrogen and oxygen atoms in total.